The molecule has 2 unspecified atom stereocenters. The summed E-state index contributed by atoms with van der Waals surface area (Å²) < 4.78 is 5.00. The topological polar surface area (TPSA) is 106 Å². The number of aliphatic hydroxyl groups excluding tert-OH is 2. The lowest BCUT2D eigenvalue weighted by Crippen LogP contribution is -2.19. The Bertz CT molecular complexity index is 442. The van der Waals surface area contributed by atoms with Gasteiger partial charge in [-0.1, -0.05) is 11.8 Å². The van der Waals surface area contributed by atoms with Gasteiger partial charge in [-0.25, -0.2) is 4.98 Å². The lowest BCUT2D eigenvalue weighted by Gasteiger charge is -2.18. The molecule has 0 saturated heterocycles. The summed E-state index contributed by atoms with van der Waals surface area (Å²) in [5.41, 5.74) is 5.99. The molecular weight excluding hydrogens is 268 g/mol. The van der Waals surface area contributed by atoms with Crippen molar-refractivity contribution in [1.82, 2.24) is 4.98 Å². The van der Waals surface area contributed by atoms with Crippen LogP contribution in [0, 0.1) is 0 Å². The molecule has 1 aromatic rings. The predicted molar refractivity (Wildman–Crippen MR) is 73.9 cm³/mol. The van der Waals surface area contributed by atoms with Crippen LogP contribution < -0.4 is 10.5 Å². The van der Waals surface area contributed by atoms with Crippen molar-refractivity contribution in [3.63, 3.8) is 0 Å². The minimum atomic E-state index is -1.09. The van der Waals surface area contributed by atoms with E-state index in [0.29, 0.717) is 23.5 Å². The summed E-state index contributed by atoms with van der Waals surface area (Å²) in [5.74, 6) is 1.02. The Morgan fingerprint density at radius 2 is 2.26 bits per heavy atom. The molecule has 7 heteroatoms. The van der Waals surface area contributed by atoms with E-state index in [1.807, 2.05) is 0 Å². The molecule has 6 nitrogen and oxygen atoms in total. The standard InChI is InChI=1S/C12H18N2O4S/c1-7(15)19-4-3-9(16)11(17)8-5-10(18-2)12(13)14-6-8/h5-6,9,11,16-17H,3-4H2,1-2H3,(H2,13,14). The largest absolute Gasteiger partial charge is 0.493 e. The van der Waals surface area contributed by atoms with Crippen molar-refractivity contribution >= 4 is 22.7 Å². The molecule has 1 rings (SSSR count). The third-order valence-electron chi connectivity index (χ3n) is 2.55. The smallest absolute Gasteiger partial charge is 0.185 e. The SMILES string of the molecule is COc1cc(C(O)C(O)CCSC(C)=O)cnc1N. The molecule has 0 aliphatic carbocycles. The molecule has 0 fully saturated rings. The summed E-state index contributed by atoms with van der Waals surface area (Å²) in [6, 6.07) is 1.54. The second-order valence-electron chi connectivity index (χ2n) is 4.00. The van der Waals surface area contributed by atoms with E-state index in [4.69, 9.17) is 10.5 Å². The number of hydrogen-bond acceptors (Lipinski definition) is 7. The number of nitrogen functional groups attached to an aromatic ring is 1. The fraction of sp³-hybridized carbons (Fsp3) is 0.500. The highest BCUT2D eigenvalue weighted by atomic mass is 32.2. The van der Waals surface area contributed by atoms with E-state index < -0.39 is 12.2 Å². The van der Waals surface area contributed by atoms with Crippen molar-refractivity contribution in [3.05, 3.63) is 17.8 Å². The molecule has 0 aromatic carbocycles. The molecule has 0 radical (unpaired) electrons. The van der Waals surface area contributed by atoms with Gasteiger partial charge >= 0.3 is 0 Å². The maximum Gasteiger partial charge on any atom is 0.185 e. The predicted octanol–water partition coefficient (Wildman–Crippen LogP) is 0.736. The van der Waals surface area contributed by atoms with Gasteiger partial charge in [-0.3, -0.25) is 4.79 Å². The van der Waals surface area contributed by atoms with Crippen LogP contribution in [0.2, 0.25) is 0 Å². The van der Waals surface area contributed by atoms with Crippen molar-refractivity contribution in [2.75, 3.05) is 18.6 Å². The molecule has 4 N–H and O–H groups in total. The lowest BCUT2D eigenvalue weighted by molar-refractivity contribution is -0.109. The molecule has 0 saturated carbocycles. The quantitative estimate of drug-likeness (QED) is 0.708. The van der Waals surface area contributed by atoms with Crippen LogP contribution in [-0.2, 0) is 4.79 Å². The van der Waals surface area contributed by atoms with Gasteiger partial charge in [-0.05, 0) is 12.5 Å². The number of rotatable bonds is 6. The molecule has 0 spiro atoms. The average molecular weight is 286 g/mol. The highest BCUT2D eigenvalue weighted by Gasteiger charge is 2.20. The summed E-state index contributed by atoms with van der Waals surface area (Å²) in [6.07, 6.45) is -0.362. The fourth-order valence-corrected chi connectivity index (χ4v) is 2.15. The molecule has 2 atom stereocenters. The van der Waals surface area contributed by atoms with E-state index >= 15 is 0 Å². The van der Waals surface area contributed by atoms with Crippen LogP contribution in [0.3, 0.4) is 0 Å². The third-order valence-corrected chi connectivity index (χ3v) is 3.39. The molecule has 19 heavy (non-hydrogen) atoms. The fourth-order valence-electron chi connectivity index (χ4n) is 1.50. The van der Waals surface area contributed by atoms with Crippen LogP contribution >= 0.6 is 11.8 Å². The van der Waals surface area contributed by atoms with Gasteiger partial charge < -0.3 is 20.7 Å². The van der Waals surface area contributed by atoms with Crippen LogP contribution in [0.4, 0.5) is 5.82 Å². The van der Waals surface area contributed by atoms with Crippen molar-refractivity contribution in [3.8, 4) is 5.75 Å². The van der Waals surface area contributed by atoms with Gasteiger partial charge in [-0.15, -0.1) is 0 Å². The number of carbonyl (C=O) groups excluding carboxylic acids is 1. The van der Waals surface area contributed by atoms with E-state index in [2.05, 4.69) is 4.98 Å². The van der Waals surface area contributed by atoms with E-state index in [1.54, 1.807) is 0 Å². The second kappa shape index (κ2) is 7.32. The monoisotopic (exact) mass is 286 g/mol. The molecule has 1 heterocycles. The van der Waals surface area contributed by atoms with Crippen LogP contribution in [0.1, 0.15) is 25.0 Å². The Kier molecular flexibility index (Phi) is 6.07. The van der Waals surface area contributed by atoms with Crippen molar-refractivity contribution < 1.29 is 19.7 Å². The second-order valence-corrected chi connectivity index (χ2v) is 5.27. The normalized spacial score (nSPS) is 13.9. The highest BCUT2D eigenvalue weighted by Crippen LogP contribution is 2.26. The zero-order chi connectivity index (χ0) is 14.4. The number of nitrogens with zero attached hydrogens (tertiary/aromatic N) is 1. The summed E-state index contributed by atoms with van der Waals surface area (Å²) >= 11 is 1.11. The van der Waals surface area contributed by atoms with Crippen LogP contribution in [0.5, 0.6) is 5.75 Å². The highest BCUT2D eigenvalue weighted by molar-refractivity contribution is 8.13. The Balaban J connectivity index is 2.65. The number of nitrogens with two attached hydrogens (primary N) is 1. The molecule has 1 aromatic heterocycles. The maximum absolute atomic E-state index is 10.8. The Hall–Kier alpha value is -1.31. The van der Waals surface area contributed by atoms with Gasteiger partial charge in [-0.2, -0.15) is 0 Å². The first-order valence-corrected chi connectivity index (χ1v) is 6.73. The number of methoxy groups -OCH3 is 1. The zero-order valence-electron chi connectivity index (χ0n) is 10.9. The number of aliphatic hydroxyl groups is 2. The Labute approximate surface area is 116 Å². The number of hydrogen-bond donors (Lipinski definition) is 3. The summed E-state index contributed by atoms with van der Waals surface area (Å²) in [5, 5.41) is 19.8. The molecular formula is C12H18N2O4S. The van der Waals surface area contributed by atoms with Gasteiger partial charge in [0.05, 0.1) is 13.2 Å². The van der Waals surface area contributed by atoms with Gasteiger partial charge in [0.2, 0.25) is 0 Å². The minimum Gasteiger partial charge on any atom is -0.493 e. The van der Waals surface area contributed by atoms with E-state index in [1.165, 1.54) is 26.3 Å². The number of anilines is 1. The Morgan fingerprint density at radius 1 is 1.58 bits per heavy atom. The number of ether oxygens (including phenoxy) is 1. The molecule has 0 amide bonds. The lowest BCUT2D eigenvalue weighted by atomic mass is 10.0. The first-order valence-electron chi connectivity index (χ1n) is 5.74. The zero-order valence-corrected chi connectivity index (χ0v) is 11.7. The van der Waals surface area contributed by atoms with Crippen LogP contribution in [0.25, 0.3) is 0 Å². The van der Waals surface area contributed by atoms with E-state index in [9.17, 15) is 15.0 Å². The van der Waals surface area contributed by atoms with Gasteiger partial charge in [0, 0.05) is 24.4 Å². The Morgan fingerprint density at radius 3 is 2.84 bits per heavy atom. The summed E-state index contributed by atoms with van der Waals surface area (Å²) in [7, 11) is 1.45. The summed E-state index contributed by atoms with van der Waals surface area (Å²) in [4.78, 5) is 14.6. The van der Waals surface area contributed by atoms with E-state index in [0.717, 1.165) is 11.8 Å². The first-order chi connectivity index (χ1) is 8.95. The van der Waals surface area contributed by atoms with Crippen molar-refractivity contribution in [2.24, 2.45) is 0 Å². The number of aromatic nitrogens is 1. The number of pyridine rings is 1. The van der Waals surface area contributed by atoms with Gasteiger partial charge in [0.15, 0.2) is 16.7 Å². The minimum absolute atomic E-state index is 0.0162. The first kappa shape index (κ1) is 15.7. The van der Waals surface area contributed by atoms with Crippen molar-refractivity contribution in [2.45, 2.75) is 25.6 Å². The van der Waals surface area contributed by atoms with E-state index in [-0.39, 0.29) is 10.9 Å². The summed E-state index contributed by atoms with van der Waals surface area (Å²) in [6.45, 7) is 1.46. The van der Waals surface area contributed by atoms with Gasteiger partial charge in [0.1, 0.15) is 6.10 Å². The third kappa shape index (κ3) is 4.70. The molecule has 0 bridgehead atoms. The molecule has 0 aliphatic heterocycles. The van der Waals surface area contributed by atoms with Crippen molar-refractivity contribution in [1.29, 1.82) is 0 Å². The van der Waals surface area contributed by atoms with Crippen LogP contribution in [0.15, 0.2) is 12.3 Å². The number of thioether (sulfide) groups is 1. The average Bonchev–Trinajstić information content (AvgIpc) is 2.38. The molecule has 106 valence electrons. The van der Waals surface area contributed by atoms with Gasteiger partial charge in [0.25, 0.3) is 0 Å². The maximum atomic E-state index is 10.8. The van der Waals surface area contributed by atoms with Crippen LogP contribution in [-0.4, -0.2) is 39.3 Å². The molecule has 0 aliphatic rings. The number of carbonyl (C=O) groups is 1.